The van der Waals surface area contributed by atoms with Gasteiger partial charge in [0.25, 0.3) is 0 Å². The SMILES string of the molecule is CC/C=C\C/C=C\C/C=C\C/C=C\C/C=C\C/C=C\C/C=C\CCCCCC(=O)OCC(COC(=O)CCCCCCC/C=C\CCCCC)OC(=O)CCCCCC/C=C\C/C=C\C/C=C\C/C=C\C/C=C\C/C=C\CC. The Balaban J connectivity index is 4.50. The summed E-state index contributed by atoms with van der Waals surface area (Å²) in [6.07, 6.45) is 94.9. The second kappa shape index (κ2) is 64.3. The Morgan fingerprint density at radius 2 is 0.500 bits per heavy atom. The van der Waals surface area contributed by atoms with Gasteiger partial charge in [-0.1, -0.05) is 242 Å². The lowest BCUT2D eigenvalue weighted by Gasteiger charge is -2.18. The van der Waals surface area contributed by atoms with E-state index in [2.05, 4.69) is 191 Å². The minimum atomic E-state index is -0.820. The van der Waals surface area contributed by atoms with E-state index >= 15 is 0 Å². The lowest BCUT2D eigenvalue weighted by atomic mass is 10.1. The van der Waals surface area contributed by atoms with Crippen molar-refractivity contribution < 1.29 is 28.6 Å². The Labute approximate surface area is 479 Å². The molecule has 0 aromatic heterocycles. The number of rotatable bonds is 54. The molecule has 0 N–H and O–H groups in total. The summed E-state index contributed by atoms with van der Waals surface area (Å²) in [4.78, 5) is 38.3. The number of allylic oxidation sites excluding steroid dienone is 28. The molecule has 0 aliphatic heterocycles. The summed E-state index contributed by atoms with van der Waals surface area (Å²) in [5.74, 6) is -0.987. The zero-order chi connectivity index (χ0) is 56.4. The zero-order valence-electron chi connectivity index (χ0n) is 49.9. The first-order chi connectivity index (χ1) is 38.5. The van der Waals surface area contributed by atoms with Crippen molar-refractivity contribution in [3.63, 3.8) is 0 Å². The monoisotopic (exact) mass is 1070 g/mol. The number of esters is 3. The normalized spacial score (nSPS) is 13.3. The van der Waals surface area contributed by atoms with Gasteiger partial charge in [0.2, 0.25) is 0 Å². The van der Waals surface area contributed by atoms with Crippen LogP contribution in [0.5, 0.6) is 0 Å². The first-order valence-corrected chi connectivity index (χ1v) is 31.1. The number of unbranched alkanes of at least 4 members (excludes halogenated alkanes) is 15. The number of hydrogen-bond acceptors (Lipinski definition) is 6. The van der Waals surface area contributed by atoms with Crippen molar-refractivity contribution in [2.24, 2.45) is 0 Å². The van der Waals surface area contributed by atoms with E-state index in [-0.39, 0.29) is 37.5 Å². The minimum Gasteiger partial charge on any atom is -0.462 e. The van der Waals surface area contributed by atoms with Crippen LogP contribution in [-0.2, 0) is 28.6 Å². The van der Waals surface area contributed by atoms with Gasteiger partial charge in [-0.3, -0.25) is 14.4 Å². The van der Waals surface area contributed by atoms with Gasteiger partial charge in [-0.25, -0.2) is 0 Å². The van der Waals surface area contributed by atoms with E-state index in [9.17, 15) is 14.4 Å². The fourth-order valence-electron chi connectivity index (χ4n) is 7.83. The minimum absolute atomic E-state index is 0.112. The molecule has 0 radical (unpaired) electrons. The van der Waals surface area contributed by atoms with Crippen LogP contribution in [0.2, 0.25) is 0 Å². The number of hydrogen-bond donors (Lipinski definition) is 0. The third kappa shape index (κ3) is 61.6. The van der Waals surface area contributed by atoms with Crippen LogP contribution in [0.4, 0.5) is 0 Å². The Kier molecular flexibility index (Phi) is 60.0. The van der Waals surface area contributed by atoms with E-state index in [1.165, 1.54) is 32.1 Å². The van der Waals surface area contributed by atoms with Crippen molar-refractivity contribution in [3.05, 3.63) is 170 Å². The van der Waals surface area contributed by atoms with Crippen molar-refractivity contribution in [2.75, 3.05) is 13.2 Å². The molecular formula is C72H112O6. The molecule has 0 rings (SSSR count). The molecule has 0 aromatic rings. The second-order valence-electron chi connectivity index (χ2n) is 19.8. The van der Waals surface area contributed by atoms with Gasteiger partial charge in [-0.2, -0.15) is 0 Å². The maximum Gasteiger partial charge on any atom is 0.306 e. The highest BCUT2D eigenvalue weighted by atomic mass is 16.6. The average Bonchev–Trinajstić information content (AvgIpc) is 3.44. The first kappa shape index (κ1) is 72.8. The topological polar surface area (TPSA) is 78.9 Å². The molecule has 0 bridgehead atoms. The Morgan fingerprint density at radius 3 is 0.808 bits per heavy atom. The third-order valence-corrected chi connectivity index (χ3v) is 12.4. The number of ether oxygens (including phenoxy) is 3. The smallest absolute Gasteiger partial charge is 0.306 e. The van der Waals surface area contributed by atoms with Gasteiger partial charge in [-0.15, -0.1) is 0 Å². The fourth-order valence-corrected chi connectivity index (χ4v) is 7.83. The zero-order valence-corrected chi connectivity index (χ0v) is 49.9. The molecule has 0 saturated heterocycles. The highest BCUT2D eigenvalue weighted by Crippen LogP contribution is 2.13. The molecule has 0 spiro atoms. The van der Waals surface area contributed by atoms with Crippen LogP contribution in [0, 0.1) is 0 Å². The molecule has 0 amide bonds. The molecule has 0 saturated carbocycles. The highest BCUT2D eigenvalue weighted by Gasteiger charge is 2.19. The summed E-state index contributed by atoms with van der Waals surface area (Å²) in [7, 11) is 0. The van der Waals surface area contributed by atoms with Crippen molar-refractivity contribution in [3.8, 4) is 0 Å². The van der Waals surface area contributed by atoms with Gasteiger partial charge in [0.05, 0.1) is 0 Å². The predicted octanol–water partition coefficient (Wildman–Crippen LogP) is 21.5. The summed E-state index contributed by atoms with van der Waals surface area (Å²) in [5.41, 5.74) is 0. The number of carbonyl (C=O) groups is 3. The van der Waals surface area contributed by atoms with Gasteiger partial charge in [0.15, 0.2) is 6.10 Å². The Hall–Kier alpha value is -5.23. The number of carbonyl (C=O) groups excluding carboxylic acids is 3. The molecule has 0 aliphatic carbocycles. The average molecular weight is 1070 g/mol. The van der Waals surface area contributed by atoms with E-state index in [1.54, 1.807) is 0 Å². The second-order valence-corrected chi connectivity index (χ2v) is 19.8. The quantitative estimate of drug-likeness (QED) is 0.0261. The van der Waals surface area contributed by atoms with Crippen molar-refractivity contribution in [2.45, 2.75) is 252 Å². The largest absolute Gasteiger partial charge is 0.462 e. The molecule has 6 nitrogen and oxygen atoms in total. The van der Waals surface area contributed by atoms with E-state index in [1.807, 2.05) is 0 Å². The van der Waals surface area contributed by atoms with Gasteiger partial charge in [0, 0.05) is 19.3 Å². The highest BCUT2D eigenvalue weighted by molar-refractivity contribution is 5.71. The van der Waals surface area contributed by atoms with E-state index in [0.29, 0.717) is 12.8 Å². The van der Waals surface area contributed by atoms with Crippen LogP contribution < -0.4 is 0 Å². The van der Waals surface area contributed by atoms with Gasteiger partial charge >= 0.3 is 17.9 Å². The summed E-state index contributed by atoms with van der Waals surface area (Å²) < 4.78 is 16.8. The summed E-state index contributed by atoms with van der Waals surface area (Å²) in [6, 6.07) is 0. The Bertz CT molecular complexity index is 1810. The standard InChI is InChI=1S/C72H112O6/c1-4-7-10-13-16-19-22-25-27-29-31-33-35-36-38-39-41-43-45-47-50-53-56-59-62-65-71(74)77-68-69(67-76-70(73)64-61-58-55-52-49-24-21-18-15-12-9-6-3)78-72(75)66-63-60-57-54-51-48-46-44-42-40-37-34-32-30-28-26-23-20-17-14-11-8-5-2/h7-8,10-11,16-21,25-28,31-34,36,38,40-43,46-48,50,69H,4-6,9,12-15,22-24,29-30,35,37,39,44-45,49,51-68H2,1-3H3/b10-7-,11-8-,19-16-,20-17-,21-18-,27-25-,28-26-,33-31-,34-32-,38-36-,42-40-,43-41-,48-46-,50-47-. The van der Waals surface area contributed by atoms with Crippen LogP contribution in [-0.4, -0.2) is 37.2 Å². The predicted molar refractivity (Wildman–Crippen MR) is 338 cm³/mol. The van der Waals surface area contributed by atoms with E-state index in [4.69, 9.17) is 14.2 Å². The molecule has 6 heteroatoms. The van der Waals surface area contributed by atoms with Crippen LogP contribution in [0.1, 0.15) is 245 Å². The summed E-state index contributed by atoms with van der Waals surface area (Å²) in [6.45, 7) is 6.32. The molecular weight excluding hydrogens is 961 g/mol. The van der Waals surface area contributed by atoms with Gasteiger partial charge in [0.1, 0.15) is 13.2 Å². The molecule has 0 aromatic carbocycles. The molecule has 0 fully saturated rings. The molecule has 78 heavy (non-hydrogen) atoms. The first-order valence-electron chi connectivity index (χ1n) is 31.1. The molecule has 1 atom stereocenters. The Morgan fingerprint density at radius 1 is 0.269 bits per heavy atom. The van der Waals surface area contributed by atoms with Gasteiger partial charge in [-0.05, 0) is 154 Å². The van der Waals surface area contributed by atoms with Crippen LogP contribution in [0.3, 0.4) is 0 Å². The maximum atomic E-state index is 12.9. The lowest BCUT2D eigenvalue weighted by molar-refractivity contribution is -0.167. The van der Waals surface area contributed by atoms with Crippen molar-refractivity contribution >= 4 is 17.9 Å². The maximum absolute atomic E-state index is 12.9. The third-order valence-electron chi connectivity index (χ3n) is 12.4. The summed E-state index contributed by atoms with van der Waals surface area (Å²) in [5, 5.41) is 0. The van der Waals surface area contributed by atoms with Crippen molar-refractivity contribution in [1.29, 1.82) is 0 Å². The fraction of sp³-hybridized carbons (Fsp3) is 0.569. The summed E-state index contributed by atoms with van der Waals surface area (Å²) >= 11 is 0. The molecule has 0 heterocycles. The van der Waals surface area contributed by atoms with Crippen LogP contribution >= 0.6 is 0 Å². The molecule has 1 unspecified atom stereocenters. The van der Waals surface area contributed by atoms with Crippen molar-refractivity contribution in [1.82, 2.24) is 0 Å². The molecule has 436 valence electrons. The van der Waals surface area contributed by atoms with E-state index < -0.39 is 6.10 Å². The molecule has 0 aliphatic rings. The van der Waals surface area contributed by atoms with Crippen LogP contribution in [0.25, 0.3) is 0 Å². The lowest BCUT2D eigenvalue weighted by Crippen LogP contribution is -2.30. The van der Waals surface area contributed by atoms with E-state index in [0.717, 1.165) is 173 Å². The van der Waals surface area contributed by atoms with Gasteiger partial charge < -0.3 is 14.2 Å². The van der Waals surface area contributed by atoms with Crippen LogP contribution in [0.15, 0.2) is 170 Å².